The van der Waals surface area contributed by atoms with E-state index < -0.39 is 0 Å². The van der Waals surface area contributed by atoms with Crippen molar-refractivity contribution in [2.75, 3.05) is 21.2 Å². The molecule has 0 aliphatic heterocycles. The number of nitrogens with zero attached hydrogens (tertiary/aromatic N) is 3. The normalized spacial score (nSPS) is 10.6. The molecular weight excluding hydrogens is 286 g/mol. The molecule has 0 aromatic carbocycles. The van der Waals surface area contributed by atoms with Crippen LogP contribution in [-0.4, -0.2) is 41.6 Å². The van der Waals surface area contributed by atoms with Gasteiger partial charge < -0.3 is 9.64 Å². The third kappa shape index (κ3) is 2.00. The van der Waals surface area contributed by atoms with Crippen LogP contribution >= 0.6 is 15.9 Å². The molecule has 5 nitrogen and oxygen atoms in total. The lowest BCUT2D eigenvalue weighted by Gasteiger charge is -2.10. The van der Waals surface area contributed by atoms with Crippen LogP contribution in [-0.2, 0) is 0 Å². The van der Waals surface area contributed by atoms with Crippen molar-refractivity contribution < 1.29 is 9.53 Å². The molecule has 0 radical (unpaired) electrons. The van der Waals surface area contributed by atoms with E-state index in [1.807, 2.05) is 6.07 Å². The Bertz CT molecular complexity index is 577. The molecule has 0 unspecified atom stereocenters. The first kappa shape index (κ1) is 11.9. The number of hydrogen-bond donors (Lipinski definition) is 0. The summed E-state index contributed by atoms with van der Waals surface area (Å²) in [6.45, 7) is 0. The predicted molar refractivity (Wildman–Crippen MR) is 67.5 cm³/mol. The zero-order valence-corrected chi connectivity index (χ0v) is 11.4. The van der Waals surface area contributed by atoms with Crippen LogP contribution in [0, 0.1) is 0 Å². The zero-order chi connectivity index (χ0) is 12.6. The van der Waals surface area contributed by atoms with Gasteiger partial charge in [0, 0.05) is 24.8 Å². The molecular formula is C11H12BrN3O2. The Morgan fingerprint density at radius 1 is 1.53 bits per heavy atom. The number of ether oxygens (including phenoxy) is 1. The highest BCUT2D eigenvalue weighted by molar-refractivity contribution is 9.10. The van der Waals surface area contributed by atoms with E-state index in [4.69, 9.17) is 4.74 Å². The van der Waals surface area contributed by atoms with E-state index in [2.05, 4.69) is 21.0 Å². The minimum Gasteiger partial charge on any atom is -0.494 e. The highest BCUT2D eigenvalue weighted by atomic mass is 79.9. The molecule has 90 valence electrons. The van der Waals surface area contributed by atoms with E-state index in [1.165, 1.54) is 4.90 Å². The third-order valence-corrected chi connectivity index (χ3v) is 2.83. The molecule has 0 bridgehead atoms. The lowest BCUT2D eigenvalue weighted by Crippen LogP contribution is -2.21. The summed E-state index contributed by atoms with van der Waals surface area (Å²) in [5, 5.41) is 4.15. The second kappa shape index (κ2) is 4.37. The SMILES string of the molecule is COc1cc(Br)cn2ncc(C(=O)N(C)C)c12. The van der Waals surface area contributed by atoms with Crippen LogP contribution < -0.4 is 4.74 Å². The molecule has 2 aromatic rings. The first-order chi connectivity index (χ1) is 8.04. The first-order valence-corrected chi connectivity index (χ1v) is 5.76. The average Bonchev–Trinajstić information content (AvgIpc) is 2.70. The van der Waals surface area contributed by atoms with Crippen LogP contribution in [0.15, 0.2) is 22.9 Å². The Balaban J connectivity index is 2.71. The summed E-state index contributed by atoms with van der Waals surface area (Å²) in [5.74, 6) is 0.516. The van der Waals surface area contributed by atoms with Crippen molar-refractivity contribution in [2.24, 2.45) is 0 Å². The summed E-state index contributed by atoms with van der Waals surface area (Å²) in [7, 11) is 4.98. The fourth-order valence-corrected chi connectivity index (χ4v) is 2.01. The topological polar surface area (TPSA) is 46.8 Å². The van der Waals surface area contributed by atoms with Crippen molar-refractivity contribution in [1.29, 1.82) is 0 Å². The summed E-state index contributed by atoms with van der Waals surface area (Å²) in [6, 6.07) is 1.81. The number of amides is 1. The van der Waals surface area contributed by atoms with E-state index in [1.54, 1.807) is 38.1 Å². The number of pyridine rings is 1. The number of carbonyl (C=O) groups is 1. The lowest BCUT2D eigenvalue weighted by molar-refractivity contribution is 0.0829. The molecule has 0 aliphatic carbocycles. The summed E-state index contributed by atoms with van der Waals surface area (Å²) in [6.07, 6.45) is 3.33. The van der Waals surface area contributed by atoms with Crippen molar-refractivity contribution in [2.45, 2.75) is 0 Å². The Morgan fingerprint density at radius 2 is 2.24 bits per heavy atom. The molecule has 0 spiro atoms. The summed E-state index contributed by atoms with van der Waals surface area (Å²) >= 11 is 3.36. The maximum Gasteiger partial charge on any atom is 0.257 e. The summed E-state index contributed by atoms with van der Waals surface area (Å²) in [4.78, 5) is 13.5. The van der Waals surface area contributed by atoms with Gasteiger partial charge in [0.25, 0.3) is 5.91 Å². The van der Waals surface area contributed by atoms with Gasteiger partial charge in [0.1, 0.15) is 11.3 Å². The Morgan fingerprint density at radius 3 is 2.82 bits per heavy atom. The van der Waals surface area contributed by atoms with Crippen molar-refractivity contribution in [3.63, 3.8) is 0 Å². The highest BCUT2D eigenvalue weighted by Crippen LogP contribution is 2.27. The summed E-state index contributed by atoms with van der Waals surface area (Å²) in [5.41, 5.74) is 1.20. The number of rotatable bonds is 2. The molecule has 17 heavy (non-hydrogen) atoms. The summed E-state index contributed by atoms with van der Waals surface area (Å²) < 4.78 is 7.74. The number of aromatic nitrogens is 2. The Kier molecular flexibility index (Phi) is 3.06. The van der Waals surface area contributed by atoms with Crippen molar-refractivity contribution >= 4 is 27.4 Å². The van der Waals surface area contributed by atoms with Crippen molar-refractivity contribution in [3.8, 4) is 5.75 Å². The van der Waals surface area contributed by atoms with Gasteiger partial charge in [-0.1, -0.05) is 0 Å². The number of methoxy groups -OCH3 is 1. The zero-order valence-electron chi connectivity index (χ0n) is 9.77. The molecule has 6 heteroatoms. The van der Waals surface area contributed by atoms with Gasteiger partial charge in [-0.05, 0) is 22.0 Å². The van der Waals surface area contributed by atoms with Crippen LogP contribution in [0.2, 0.25) is 0 Å². The molecule has 2 heterocycles. The number of hydrogen-bond acceptors (Lipinski definition) is 3. The number of halogens is 1. The van der Waals surface area contributed by atoms with Crippen LogP contribution in [0.3, 0.4) is 0 Å². The van der Waals surface area contributed by atoms with Gasteiger partial charge in [0.05, 0.1) is 18.9 Å². The van der Waals surface area contributed by atoms with Gasteiger partial charge in [-0.25, -0.2) is 4.52 Å². The Labute approximate surface area is 107 Å². The molecule has 0 atom stereocenters. The second-order valence-corrected chi connectivity index (χ2v) is 4.69. The van der Waals surface area contributed by atoms with Gasteiger partial charge in [-0.15, -0.1) is 0 Å². The maximum absolute atomic E-state index is 12.0. The van der Waals surface area contributed by atoms with E-state index in [9.17, 15) is 4.79 Å². The van der Waals surface area contributed by atoms with Gasteiger partial charge >= 0.3 is 0 Å². The molecule has 0 aliphatic rings. The van der Waals surface area contributed by atoms with Gasteiger partial charge in [0.2, 0.25) is 0 Å². The maximum atomic E-state index is 12.0. The van der Waals surface area contributed by atoms with E-state index in [-0.39, 0.29) is 5.91 Å². The molecule has 0 N–H and O–H groups in total. The quantitative estimate of drug-likeness (QED) is 0.849. The minimum atomic E-state index is -0.0966. The van der Waals surface area contributed by atoms with Crippen molar-refractivity contribution in [1.82, 2.24) is 14.5 Å². The van der Waals surface area contributed by atoms with Gasteiger partial charge in [0.15, 0.2) is 0 Å². The van der Waals surface area contributed by atoms with Crippen LogP contribution in [0.1, 0.15) is 10.4 Å². The van der Waals surface area contributed by atoms with Crippen LogP contribution in [0.4, 0.5) is 0 Å². The monoisotopic (exact) mass is 297 g/mol. The highest BCUT2D eigenvalue weighted by Gasteiger charge is 2.18. The molecule has 1 amide bonds. The average molecular weight is 298 g/mol. The fourth-order valence-electron chi connectivity index (χ4n) is 1.61. The first-order valence-electron chi connectivity index (χ1n) is 4.97. The molecule has 2 rings (SSSR count). The van der Waals surface area contributed by atoms with Crippen molar-refractivity contribution in [3.05, 3.63) is 28.5 Å². The van der Waals surface area contributed by atoms with E-state index in [0.717, 1.165) is 4.47 Å². The van der Waals surface area contributed by atoms with E-state index in [0.29, 0.717) is 16.8 Å². The number of fused-ring (bicyclic) bond motifs is 1. The van der Waals surface area contributed by atoms with Gasteiger partial charge in [-0.2, -0.15) is 5.10 Å². The van der Waals surface area contributed by atoms with Crippen LogP contribution in [0.5, 0.6) is 5.75 Å². The second-order valence-electron chi connectivity index (χ2n) is 3.78. The van der Waals surface area contributed by atoms with Gasteiger partial charge in [-0.3, -0.25) is 4.79 Å². The predicted octanol–water partition coefficient (Wildman–Crippen LogP) is 1.81. The molecule has 0 fully saturated rings. The minimum absolute atomic E-state index is 0.0966. The standard InChI is InChI=1S/C11H12BrN3O2/c1-14(2)11(16)8-5-13-15-6-7(12)4-9(17-3)10(8)15/h4-6H,1-3H3. The van der Waals surface area contributed by atoms with Crippen LogP contribution in [0.25, 0.3) is 5.52 Å². The smallest absolute Gasteiger partial charge is 0.257 e. The molecule has 0 saturated carbocycles. The lowest BCUT2D eigenvalue weighted by atomic mass is 10.2. The molecule has 2 aromatic heterocycles. The van der Waals surface area contributed by atoms with E-state index >= 15 is 0 Å². The largest absolute Gasteiger partial charge is 0.494 e. The number of carbonyl (C=O) groups excluding carboxylic acids is 1. The fraction of sp³-hybridized carbons (Fsp3) is 0.273. The molecule has 0 saturated heterocycles. The Hall–Kier alpha value is -1.56. The third-order valence-electron chi connectivity index (χ3n) is 2.40.